The summed E-state index contributed by atoms with van der Waals surface area (Å²) >= 11 is 1.55. The lowest BCUT2D eigenvalue weighted by Crippen LogP contribution is -1.92. The summed E-state index contributed by atoms with van der Waals surface area (Å²) in [7, 11) is 1.51. The van der Waals surface area contributed by atoms with Crippen molar-refractivity contribution in [2.75, 3.05) is 7.11 Å². The van der Waals surface area contributed by atoms with E-state index in [1.807, 2.05) is 13.8 Å². The number of benzene rings is 1. The van der Waals surface area contributed by atoms with Crippen LogP contribution in [0.25, 0.3) is 10.4 Å². The molecule has 1 heterocycles. The van der Waals surface area contributed by atoms with Crippen molar-refractivity contribution in [3.05, 3.63) is 39.0 Å². The van der Waals surface area contributed by atoms with Gasteiger partial charge in [-0.1, -0.05) is 0 Å². The Morgan fingerprint density at radius 2 is 2.11 bits per heavy atom. The largest absolute Gasteiger partial charge is 0.496 e. The molecule has 0 fully saturated rings. The van der Waals surface area contributed by atoms with Crippen molar-refractivity contribution in [1.82, 2.24) is 4.98 Å². The quantitative estimate of drug-likeness (QED) is 0.630. The fraction of sp³-hybridized carbons (Fsp3) is 0.250. The molecule has 18 heavy (non-hydrogen) atoms. The van der Waals surface area contributed by atoms with E-state index in [2.05, 4.69) is 4.98 Å². The van der Waals surface area contributed by atoms with Gasteiger partial charge < -0.3 is 4.74 Å². The topological polar surface area (TPSA) is 65.3 Å². The molecule has 0 N–H and O–H groups in total. The standard InChI is InChI=1S/C12H12N2O3S/c1-7-12(18-8(2)13-7)10-5-4-9(14(15)16)6-11(10)17-3/h4-6H,1-3H3. The summed E-state index contributed by atoms with van der Waals surface area (Å²) in [6, 6.07) is 4.62. The third-order valence-electron chi connectivity index (χ3n) is 2.54. The van der Waals surface area contributed by atoms with Crippen LogP contribution in [-0.4, -0.2) is 17.0 Å². The van der Waals surface area contributed by atoms with E-state index in [0.29, 0.717) is 5.75 Å². The van der Waals surface area contributed by atoms with Gasteiger partial charge in [0.1, 0.15) is 5.75 Å². The Hall–Kier alpha value is -1.95. The van der Waals surface area contributed by atoms with Gasteiger partial charge in [0.05, 0.1) is 33.7 Å². The van der Waals surface area contributed by atoms with Gasteiger partial charge >= 0.3 is 0 Å². The summed E-state index contributed by atoms with van der Waals surface area (Å²) in [6.07, 6.45) is 0. The molecule has 5 nitrogen and oxygen atoms in total. The predicted octanol–water partition coefficient (Wildman–Crippen LogP) is 3.34. The third-order valence-corrected chi connectivity index (χ3v) is 3.65. The summed E-state index contributed by atoms with van der Waals surface area (Å²) in [5, 5.41) is 11.7. The molecule has 94 valence electrons. The number of ether oxygens (including phenoxy) is 1. The van der Waals surface area contributed by atoms with Gasteiger partial charge in [0.25, 0.3) is 5.69 Å². The zero-order chi connectivity index (χ0) is 13.3. The summed E-state index contributed by atoms with van der Waals surface area (Å²) in [6.45, 7) is 3.85. The van der Waals surface area contributed by atoms with E-state index in [0.717, 1.165) is 21.1 Å². The molecular formula is C12H12N2O3S. The number of hydrogen-bond acceptors (Lipinski definition) is 5. The molecule has 6 heteroatoms. The van der Waals surface area contributed by atoms with E-state index >= 15 is 0 Å². The molecule has 0 atom stereocenters. The molecule has 0 spiro atoms. The lowest BCUT2D eigenvalue weighted by Gasteiger charge is -2.06. The first kappa shape index (κ1) is 12.5. The molecule has 2 rings (SSSR count). The lowest BCUT2D eigenvalue weighted by molar-refractivity contribution is -0.384. The number of rotatable bonds is 3. The van der Waals surface area contributed by atoms with Crippen LogP contribution in [0.1, 0.15) is 10.7 Å². The molecule has 0 saturated heterocycles. The summed E-state index contributed by atoms with van der Waals surface area (Å²) in [5.74, 6) is 0.496. The zero-order valence-electron chi connectivity index (χ0n) is 10.3. The summed E-state index contributed by atoms with van der Waals surface area (Å²) in [4.78, 5) is 15.6. The average Bonchev–Trinajstić information content (AvgIpc) is 2.67. The van der Waals surface area contributed by atoms with Gasteiger partial charge in [0.2, 0.25) is 0 Å². The second kappa shape index (κ2) is 4.73. The van der Waals surface area contributed by atoms with Crippen LogP contribution in [0.15, 0.2) is 18.2 Å². The zero-order valence-corrected chi connectivity index (χ0v) is 11.1. The second-order valence-electron chi connectivity index (χ2n) is 3.79. The van der Waals surface area contributed by atoms with Crippen molar-refractivity contribution in [2.45, 2.75) is 13.8 Å². The molecule has 0 unspecified atom stereocenters. The highest BCUT2D eigenvalue weighted by Gasteiger charge is 2.16. The molecule has 0 amide bonds. The van der Waals surface area contributed by atoms with Crippen LogP contribution in [0.2, 0.25) is 0 Å². The molecule has 0 radical (unpaired) electrons. The van der Waals surface area contributed by atoms with Crippen molar-refractivity contribution in [3.8, 4) is 16.2 Å². The number of hydrogen-bond donors (Lipinski definition) is 0. The predicted molar refractivity (Wildman–Crippen MR) is 70.2 cm³/mol. The minimum absolute atomic E-state index is 0.0227. The van der Waals surface area contributed by atoms with Gasteiger partial charge in [0, 0.05) is 11.6 Å². The van der Waals surface area contributed by atoms with Gasteiger partial charge in [-0.3, -0.25) is 10.1 Å². The van der Waals surface area contributed by atoms with E-state index < -0.39 is 4.92 Å². The number of aryl methyl sites for hydroxylation is 2. The fourth-order valence-electron chi connectivity index (χ4n) is 1.76. The Morgan fingerprint density at radius 1 is 1.39 bits per heavy atom. The maximum atomic E-state index is 10.7. The van der Waals surface area contributed by atoms with Crippen molar-refractivity contribution in [1.29, 1.82) is 0 Å². The van der Waals surface area contributed by atoms with Crippen LogP contribution in [-0.2, 0) is 0 Å². The molecule has 1 aromatic heterocycles. The number of nitrogens with zero attached hydrogens (tertiary/aromatic N) is 2. The van der Waals surface area contributed by atoms with Crippen LogP contribution in [0.4, 0.5) is 5.69 Å². The van der Waals surface area contributed by atoms with Crippen molar-refractivity contribution in [3.63, 3.8) is 0 Å². The minimum Gasteiger partial charge on any atom is -0.496 e. The first-order valence-electron chi connectivity index (χ1n) is 5.29. The smallest absolute Gasteiger partial charge is 0.273 e. The highest BCUT2D eigenvalue weighted by Crippen LogP contribution is 2.38. The summed E-state index contributed by atoms with van der Waals surface area (Å²) in [5.41, 5.74) is 1.77. The molecular weight excluding hydrogens is 252 g/mol. The van der Waals surface area contributed by atoms with Crippen molar-refractivity contribution >= 4 is 17.0 Å². The van der Waals surface area contributed by atoms with Crippen molar-refractivity contribution in [2.24, 2.45) is 0 Å². The van der Waals surface area contributed by atoms with Crippen LogP contribution in [0, 0.1) is 24.0 Å². The SMILES string of the molecule is COc1cc([N+](=O)[O-])ccc1-c1sc(C)nc1C. The lowest BCUT2D eigenvalue weighted by atomic mass is 10.1. The Bertz CT molecular complexity index is 607. The molecule has 0 aliphatic carbocycles. The monoisotopic (exact) mass is 264 g/mol. The van der Waals surface area contributed by atoms with Gasteiger partial charge in [-0.05, 0) is 19.9 Å². The van der Waals surface area contributed by atoms with Gasteiger partial charge in [-0.15, -0.1) is 11.3 Å². The second-order valence-corrected chi connectivity index (χ2v) is 4.99. The number of nitro groups is 1. The van der Waals surface area contributed by atoms with E-state index in [-0.39, 0.29) is 5.69 Å². The molecule has 0 aliphatic rings. The van der Waals surface area contributed by atoms with Crippen LogP contribution >= 0.6 is 11.3 Å². The number of thiazole rings is 1. The van der Waals surface area contributed by atoms with Gasteiger partial charge in [-0.2, -0.15) is 0 Å². The first-order valence-corrected chi connectivity index (χ1v) is 6.11. The molecule has 0 saturated carbocycles. The van der Waals surface area contributed by atoms with E-state index in [9.17, 15) is 10.1 Å². The summed E-state index contributed by atoms with van der Waals surface area (Å²) < 4.78 is 5.23. The average molecular weight is 264 g/mol. The first-order chi connectivity index (χ1) is 8.52. The maximum Gasteiger partial charge on any atom is 0.273 e. The van der Waals surface area contributed by atoms with E-state index in [1.165, 1.54) is 19.2 Å². The van der Waals surface area contributed by atoms with E-state index in [1.54, 1.807) is 17.4 Å². The van der Waals surface area contributed by atoms with Gasteiger partial charge in [-0.25, -0.2) is 4.98 Å². The maximum absolute atomic E-state index is 10.7. The van der Waals surface area contributed by atoms with Crippen molar-refractivity contribution < 1.29 is 9.66 Å². The minimum atomic E-state index is -0.433. The third kappa shape index (κ3) is 2.19. The van der Waals surface area contributed by atoms with Crippen LogP contribution in [0.5, 0.6) is 5.75 Å². The number of methoxy groups -OCH3 is 1. The Labute approximate surface area is 108 Å². The number of aromatic nitrogens is 1. The number of non-ortho nitro benzene ring substituents is 1. The molecule has 0 aliphatic heterocycles. The fourth-order valence-corrected chi connectivity index (χ4v) is 2.71. The number of nitro benzene ring substituents is 1. The Morgan fingerprint density at radius 3 is 2.61 bits per heavy atom. The highest BCUT2D eigenvalue weighted by atomic mass is 32.1. The van der Waals surface area contributed by atoms with Gasteiger partial charge in [0.15, 0.2) is 0 Å². The Kier molecular flexibility index (Phi) is 3.29. The molecule has 1 aromatic carbocycles. The van der Waals surface area contributed by atoms with E-state index in [4.69, 9.17) is 4.74 Å². The van der Waals surface area contributed by atoms with Crippen LogP contribution < -0.4 is 4.74 Å². The molecule has 0 bridgehead atoms. The highest BCUT2D eigenvalue weighted by molar-refractivity contribution is 7.15. The normalized spacial score (nSPS) is 10.4. The van der Waals surface area contributed by atoms with Crippen LogP contribution in [0.3, 0.4) is 0 Å². The Balaban J connectivity index is 2.58. The molecule has 2 aromatic rings.